The van der Waals surface area contributed by atoms with Crippen molar-refractivity contribution in [2.45, 2.75) is 39.7 Å². The maximum Gasteiger partial charge on any atom is 0.339 e. The summed E-state index contributed by atoms with van der Waals surface area (Å²) >= 11 is 0. The summed E-state index contributed by atoms with van der Waals surface area (Å²) in [4.78, 5) is 34.7. The molecule has 0 fully saturated rings. The first-order valence-corrected chi connectivity index (χ1v) is 7.49. The van der Waals surface area contributed by atoms with Crippen LogP contribution in [-0.4, -0.2) is 28.1 Å². The van der Waals surface area contributed by atoms with E-state index in [9.17, 15) is 19.5 Å². The molecule has 0 spiro atoms. The van der Waals surface area contributed by atoms with E-state index in [1.165, 1.54) is 13.0 Å². The molecule has 0 aliphatic rings. The Morgan fingerprint density at radius 2 is 1.92 bits per heavy atom. The zero-order valence-electron chi connectivity index (χ0n) is 13.7. The van der Waals surface area contributed by atoms with Crippen LogP contribution >= 0.6 is 0 Å². The van der Waals surface area contributed by atoms with Crippen LogP contribution in [0, 0.1) is 13.8 Å². The molecule has 128 valence electrons. The molecule has 1 aromatic heterocycles. The Labute approximate surface area is 137 Å². The number of fused-ring (bicyclic) bond motifs is 1. The molecule has 0 aliphatic carbocycles. The molecule has 0 radical (unpaired) electrons. The molecule has 2 aromatic rings. The van der Waals surface area contributed by atoms with Gasteiger partial charge in [-0.15, -0.1) is 0 Å². The van der Waals surface area contributed by atoms with Gasteiger partial charge in [-0.1, -0.05) is 0 Å². The van der Waals surface area contributed by atoms with E-state index in [1.54, 1.807) is 19.9 Å². The van der Waals surface area contributed by atoms with E-state index in [1.807, 2.05) is 0 Å². The maximum atomic E-state index is 12.2. The van der Waals surface area contributed by atoms with E-state index in [-0.39, 0.29) is 18.6 Å². The third kappa shape index (κ3) is 3.40. The Morgan fingerprint density at radius 3 is 2.54 bits per heavy atom. The summed E-state index contributed by atoms with van der Waals surface area (Å²) in [5.74, 6) is -1.54. The molecule has 1 amide bonds. The van der Waals surface area contributed by atoms with Gasteiger partial charge in [-0.05, 0) is 44.9 Å². The average Bonchev–Trinajstić information content (AvgIpc) is 2.51. The number of hydrogen-bond acceptors (Lipinski definition) is 5. The number of aliphatic carboxylic acids is 1. The van der Waals surface area contributed by atoms with Gasteiger partial charge in [-0.25, -0.2) is 4.79 Å². The first-order chi connectivity index (χ1) is 11.2. The summed E-state index contributed by atoms with van der Waals surface area (Å²) in [5.41, 5.74) is 1.29. The fraction of sp³-hybridized carbons (Fsp3) is 0.353. The van der Waals surface area contributed by atoms with Crippen LogP contribution in [-0.2, 0) is 16.0 Å². The minimum Gasteiger partial charge on any atom is -0.508 e. The Kier molecular flexibility index (Phi) is 4.92. The van der Waals surface area contributed by atoms with Crippen molar-refractivity contribution in [2.75, 3.05) is 0 Å². The molecule has 1 atom stereocenters. The van der Waals surface area contributed by atoms with E-state index in [4.69, 9.17) is 9.52 Å². The fourth-order valence-electron chi connectivity index (χ4n) is 2.48. The van der Waals surface area contributed by atoms with Gasteiger partial charge in [-0.2, -0.15) is 0 Å². The number of phenols is 1. The summed E-state index contributed by atoms with van der Waals surface area (Å²) in [5, 5.41) is 21.5. The van der Waals surface area contributed by atoms with E-state index < -0.39 is 23.5 Å². The predicted octanol–water partition coefficient (Wildman–Crippen LogP) is 1.64. The molecule has 24 heavy (non-hydrogen) atoms. The van der Waals surface area contributed by atoms with Crippen LogP contribution in [0.2, 0.25) is 0 Å². The Morgan fingerprint density at radius 1 is 1.25 bits per heavy atom. The number of nitrogens with one attached hydrogen (secondary N) is 1. The first kappa shape index (κ1) is 17.5. The second-order valence-electron chi connectivity index (χ2n) is 5.71. The number of amides is 1. The largest absolute Gasteiger partial charge is 0.508 e. The number of aryl methyl sites for hydroxylation is 2. The Hall–Kier alpha value is -2.83. The van der Waals surface area contributed by atoms with Gasteiger partial charge in [0.15, 0.2) is 0 Å². The lowest BCUT2D eigenvalue weighted by atomic mass is 10.0. The highest BCUT2D eigenvalue weighted by atomic mass is 16.4. The van der Waals surface area contributed by atoms with Gasteiger partial charge in [0.2, 0.25) is 5.91 Å². The topological polar surface area (TPSA) is 117 Å². The van der Waals surface area contributed by atoms with Gasteiger partial charge in [0.1, 0.15) is 17.4 Å². The lowest BCUT2D eigenvalue weighted by molar-refractivity contribution is -0.141. The molecule has 0 unspecified atom stereocenters. The van der Waals surface area contributed by atoms with Crippen LogP contribution in [0.25, 0.3) is 11.0 Å². The molecule has 7 heteroatoms. The summed E-state index contributed by atoms with van der Waals surface area (Å²) in [6, 6.07) is 2.19. The molecule has 2 rings (SSSR count). The molecule has 0 saturated carbocycles. The average molecular weight is 333 g/mol. The molecule has 0 saturated heterocycles. The highest BCUT2D eigenvalue weighted by Gasteiger charge is 2.17. The van der Waals surface area contributed by atoms with Gasteiger partial charge in [0.25, 0.3) is 0 Å². The van der Waals surface area contributed by atoms with Crippen LogP contribution in [0.5, 0.6) is 5.75 Å². The van der Waals surface area contributed by atoms with Crippen molar-refractivity contribution in [2.24, 2.45) is 0 Å². The molecule has 3 N–H and O–H groups in total. The molecule has 7 nitrogen and oxygen atoms in total. The fourth-order valence-corrected chi connectivity index (χ4v) is 2.48. The van der Waals surface area contributed by atoms with E-state index in [2.05, 4.69) is 5.32 Å². The number of rotatable bonds is 5. The quantitative estimate of drug-likeness (QED) is 0.716. The summed E-state index contributed by atoms with van der Waals surface area (Å²) < 4.78 is 5.30. The number of carbonyl (C=O) groups excluding carboxylic acids is 1. The lowest BCUT2D eigenvalue weighted by Crippen LogP contribution is -2.38. The summed E-state index contributed by atoms with van der Waals surface area (Å²) in [6.45, 7) is 4.77. The van der Waals surface area contributed by atoms with Crippen molar-refractivity contribution in [3.05, 3.63) is 39.2 Å². The van der Waals surface area contributed by atoms with Gasteiger partial charge < -0.3 is 19.9 Å². The molecular weight excluding hydrogens is 314 g/mol. The molecule has 1 heterocycles. The SMILES string of the molecule is Cc1c(CCC(=O)N[C@@H](C)C(=O)O)c(=O)oc2c(C)c(O)ccc12. The van der Waals surface area contributed by atoms with Crippen LogP contribution in [0.1, 0.15) is 30.0 Å². The van der Waals surface area contributed by atoms with Gasteiger partial charge in [0.05, 0.1) is 0 Å². The monoisotopic (exact) mass is 333 g/mol. The van der Waals surface area contributed by atoms with Gasteiger partial charge in [0, 0.05) is 22.9 Å². The van der Waals surface area contributed by atoms with Crippen molar-refractivity contribution < 1.29 is 24.2 Å². The minimum absolute atomic E-state index is 0.0220. The van der Waals surface area contributed by atoms with Gasteiger partial charge in [-0.3, -0.25) is 9.59 Å². The smallest absolute Gasteiger partial charge is 0.339 e. The number of hydrogen-bond donors (Lipinski definition) is 3. The van der Waals surface area contributed by atoms with Crippen molar-refractivity contribution in [3.8, 4) is 5.75 Å². The second kappa shape index (κ2) is 6.74. The third-order valence-electron chi connectivity index (χ3n) is 4.03. The Bertz CT molecular complexity index is 867. The number of carboxylic acid groups (broad SMARTS) is 1. The van der Waals surface area contributed by atoms with Crippen molar-refractivity contribution in [1.29, 1.82) is 0 Å². The van der Waals surface area contributed by atoms with Crippen LogP contribution in [0.3, 0.4) is 0 Å². The highest BCUT2D eigenvalue weighted by Crippen LogP contribution is 2.28. The number of carbonyl (C=O) groups is 2. The second-order valence-corrected chi connectivity index (χ2v) is 5.71. The van der Waals surface area contributed by atoms with E-state index in [0.29, 0.717) is 27.7 Å². The number of phenolic OH excluding ortho intramolecular Hbond substituents is 1. The van der Waals surface area contributed by atoms with Crippen LogP contribution < -0.4 is 10.9 Å². The minimum atomic E-state index is -1.12. The number of benzene rings is 1. The van der Waals surface area contributed by atoms with Crippen LogP contribution in [0.4, 0.5) is 0 Å². The van der Waals surface area contributed by atoms with E-state index in [0.717, 1.165) is 0 Å². The predicted molar refractivity (Wildman–Crippen MR) is 87.2 cm³/mol. The molecule has 0 bridgehead atoms. The third-order valence-corrected chi connectivity index (χ3v) is 4.03. The van der Waals surface area contributed by atoms with Crippen molar-refractivity contribution in [1.82, 2.24) is 5.32 Å². The Balaban J connectivity index is 2.27. The lowest BCUT2D eigenvalue weighted by Gasteiger charge is -2.11. The van der Waals surface area contributed by atoms with E-state index >= 15 is 0 Å². The standard InChI is InChI=1S/C17H19NO6/c1-8-11-4-6-13(19)9(2)15(11)24-17(23)12(8)5-7-14(20)18-10(3)16(21)22/h4,6,10,19H,5,7H2,1-3H3,(H,18,20)(H,21,22)/t10-/m0/s1. The van der Waals surface area contributed by atoms with Gasteiger partial charge >= 0.3 is 11.6 Å². The summed E-state index contributed by atoms with van der Waals surface area (Å²) in [6.07, 6.45) is 0.119. The molecule has 1 aromatic carbocycles. The zero-order valence-corrected chi connectivity index (χ0v) is 13.7. The first-order valence-electron chi connectivity index (χ1n) is 7.49. The normalized spacial score (nSPS) is 12.1. The number of aromatic hydroxyl groups is 1. The molecule has 0 aliphatic heterocycles. The zero-order chi connectivity index (χ0) is 18.0. The van der Waals surface area contributed by atoms with Crippen molar-refractivity contribution >= 4 is 22.8 Å². The summed E-state index contributed by atoms with van der Waals surface area (Å²) in [7, 11) is 0. The van der Waals surface area contributed by atoms with Crippen molar-refractivity contribution in [3.63, 3.8) is 0 Å². The highest BCUT2D eigenvalue weighted by molar-refractivity contribution is 5.86. The maximum absolute atomic E-state index is 12.2. The molecular formula is C17H19NO6. The number of carboxylic acids is 1. The van der Waals surface area contributed by atoms with Crippen LogP contribution in [0.15, 0.2) is 21.3 Å².